The highest BCUT2D eigenvalue weighted by Gasteiger charge is 2.26. The van der Waals surface area contributed by atoms with E-state index in [0.717, 1.165) is 67.4 Å². The summed E-state index contributed by atoms with van der Waals surface area (Å²) in [7, 11) is 5.23. The first-order valence-electron chi connectivity index (χ1n) is 10.4. The molecule has 2 aromatic carbocycles. The number of piperazine rings is 1. The Morgan fingerprint density at radius 1 is 1.20 bits per heavy atom. The first-order chi connectivity index (χ1) is 14.5. The summed E-state index contributed by atoms with van der Waals surface area (Å²) in [6.45, 7) is 6.40. The first kappa shape index (κ1) is 22.2. The molecule has 2 aromatic rings. The molecule has 1 fully saturated rings. The molecule has 30 heavy (non-hydrogen) atoms. The van der Waals surface area contributed by atoms with E-state index in [4.69, 9.17) is 16.3 Å². The lowest BCUT2D eigenvalue weighted by molar-refractivity contribution is 0.0828. The van der Waals surface area contributed by atoms with E-state index in [2.05, 4.69) is 22.5 Å². The smallest absolute Gasteiger partial charge is 0.255 e. The second-order valence-corrected chi connectivity index (χ2v) is 8.03. The Labute approximate surface area is 184 Å². The second-order valence-electron chi connectivity index (χ2n) is 7.59. The van der Waals surface area contributed by atoms with Crippen molar-refractivity contribution in [2.75, 3.05) is 64.1 Å². The van der Waals surface area contributed by atoms with Crippen LogP contribution in [0.25, 0.3) is 11.1 Å². The Hall–Kier alpha value is -2.44. The van der Waals surface area contributed by atoms with Gasteiger partial charge in [0.1, 0.15) is 5.75 Å². The topological polar surface area (TPSA) is 56.8 Å². The van der Waals surface area contributed by atoms with Crippen molar-refractivity contribution in [1.82, 2.24) is 10.2 Å². The van der Waals surface area contributed by atoms with Crippen LogP contribution >= 0.6 is 11.6 Å². The predicted octanol–water partition coefficient (Wildman–Crippen LogP) is 3.95. The summed E-state index contributed by atoms with van der Waals surface area (Å²) in [6.07, 6.45) is 0.960. The molecule has 7 heteroatoms. The van der Waals surface area contributed by atoms with Crippen molar-refractivity contribution in [3.63, 3.8) is 0 Å². The molecule has 0 aromatic heterocycles. The van der Waals surface area contributed by atoms with Gasteiger partial charge in [0.15, 0.2) is 0 Å². The van der Waals surface area contributed by atoms with Crippen molar-refractivity contribution < 1.29 is 9.53 Å². The van der Waals surface area contributed by atoms with E-state index >= 15 is 0 Å². The zero-order chi connectivity index (χ0) is 21.7. The van der Waals surface area contributed by atoms with E-state index in [0.29, 0.717) is 10.6 Å². The first-order valence-corrected chi connectivity index (χ1v) is 10.8. The maximum atomic E-state index is 13.0. The highest BCUT2D eigenvalue weighted by molar-refractivity contribution is 6.31. The Kier molecular flexibility index (Phi) is 7.45. The Morgan fingerprint density at radius 3 is 2.57 bits per heavy atom. The number of carbonyl (C=O) groups excluding carboxylic acids is 1. The molecule has 0 saturated carbocycles. The fourth-order valence-corrected chi connectivity index (χ4v) is 3.94. The molecule has 0 radical (unpaired) electrons. The highest BCUT2D eigenvalue weighted by Crippen LogP contribution is 2.44. The van der Waals surface area contributed by atoms with Crippen LogP contribution in [0.4, 0.5) is 11.4 Å². The van der Waals surface area contributed by atoms with E-state index in [1.54, 1.807) is 26.1 Å². The van der Waals surface area contributed by atoms with Crippen LogP contribution in [-0.2, 0) is 0 Å². The Balaban J connectivity index is 2.28. The van der Waals surface area contributed by atoms with Gasteiger partial charge in [-0.25, -0.2) is 0 Å². The van der Waals surface area contributed by atoms with E-state index in [9.17, 15) is 4.79 Å². The minimum absolute atomic E-state index is 0.0189. The molecule has 1 aliphatic heterocycles. The molecule has 0 unspecified atom stereocenters. The number of hydrogen-bond acceptors (Lipinski definition) is 5. The summed E-state index contributed by atoms with van der Waals surface area (Å²) >= 11 is 6.35. The van der Waals surface area contributed by atoms with E-state index in [1.165, 1.54) is 0 Å². The number of nitrogens with zero attached hydrogens (tertiary/aromatic N) is 2. The molecule has 1 saturated heterocycles. The van der Waals surface area contributed by atoms with E-state index < -0.39 is 0 Å². The Morgan fingerprint density at radius 2 is 1.93 bits per heavy atom. The van der Waals surface area contributed by atoms with Crippen LogP contribution in [0.5, 0.6) is 5.75 Å². The molecule has 1 heterocycles. The van der Waals surface area contributed by atoms with Gasteiger partial charge in [0.05, 0.1) is 24.0 Å². The van der Waals surface area contributed by atoms with E-state index in [-0.39, 0.29) is 5.91 Å². The van der Waals surface area contributed by atoms with Gasteiger partial charge in [0.25, 0.3) is 5.91 Å². The van der Waals surface area contributed by atoms with Gasteiger partial charge in [-0.1, -0.05) is 24.6 Å². The highest BCUT2D eigenvalue weighted by atomic mass is 35.5. The van der Waals surface area contributed by atoms with Crippen LogP contribution in [0.15, 0.2) is 30.3 Å². The third-order valence-electron chi connectivity index (χ3n) is 5.25. The minimum Gasteiger partial charge on any atom is -0.496 e. The standard InChI is InChI=1S/C23H31ClN4O2/c1-5-10-26-21-18(23(29)27(2)3)8-7-17(22(21)28-13-11-25-12-14-28)19-15-16(24)6-9-20(19)30-4/h6-9,15,25-26H,5,10-14H2,1-4H3. The quantitative estimate of drug-likeness (QED) is 0.696. The van der Waals surface area contributed by atoms with Crippen LogP contribution in [0, 0.1) is 0 Å². The average molecular weight is 431 g/mol. The number of methoxy groups -OCH3 is 1. The lowest BCUT2D eigenvalue weighted by atomic mass is 9.96. The minimum atomic E-state index is -0.0189. The van der Waals surface area contributed by atoms with Crippen molar-refractivity contribution in [2.24, 2.45) is 0 Å². The van der Waals surface area contributed by atoms with Crippen LogP contribution in [0.1, 0.15) is 23.7 Å². The molecular formula is C23H31ClN4O2. The van der Waals surface area contributed by atoms with Gasteiger partial charge >= 0.3 is 0 Å². The molecule has 0 aliphatic carbocycles. The lowest BCUT2D eigenvalue weighted by Crippen LogP contribution is -2.44. The van der Waals surface area contributed by atoms with Gasteiger partial charge < -0.3 is 25.2 Å². The van der Waals surface area contributed by atoms with Crippen molar-refractivity contribution in [2.45, 2.75) is 13.3 Å². The third-order valence-corrected chi connectivity index (χ3v) is 5.49. The van der Waals surface area contributed by atoms with Gasteiger partial charge in [-0.3, -0.25) is 4.79 Å². The predicted molar refractivity (Wildman–Crippen MR) is 125 cm³/mol. The van der Waals surface area contributed by atoms with Crippen LogP contribution < -0.4 is 20.3 Å². The molecule has 6 nitrogen and oxygen atoms in total. The summed E-state index contributed by atoms with van der Waals surface area (Å²) < 4.78 is 5.65. The number of amides is 1. The van der Waals surface area contributed by atoms with Gasteiger partial charge in [-0.15, -0.1) is 0 Å². The number of halogens is 1. The normalized spacial score (nSPS) is 13.8. The largest absolute Gasteiger partial charge is 0.496 e. The molecular weight excluding hydrogens is 400 g/mol. The zero-order valence-electron chi connectivity index (χ0n) is 18.2. The van der Waals surface area contributed by atoms with Crippen LogP contribution in [0.3, 0.4) is 0 Å². The molecule has 1 aliphatic rings. The van der Waals surface area contributed by atoms with Gasteiger partial charge in [0, 0.05) is 63.0 Å². The second kappa shape index (κ2) is 10.0. The molecule has 1 amide bonds. The molecule has 3 rings (SSSR count). The molecule has 0 atom stereocenters. The number of benzene rings is 2. The monoisotopic (exact) mass is 430 g/mol. The fraction of sp³-hybridized carbons (Fsp3) is 0.435. The molecule has 2 N–H and O–H groups in total. The number of anilines is 2. The average Bonchev–Trinajstić information content (AvgIpc) is 2.77. The summed E-state index contributed by atoms with van der Waals surface area (Å²) in [5.41, 5.74) is 4.49. The van der Waals surface area contributed by atoms with Crippen LogP contribution in [0.2, 0.25) is 5.02 Å². The van der Waals surface area contributed by atoms with Gasteiger partial charge in [-0.2, -0.15) is 0 Å². The van der Waals surface area contributed by atoms with Gasteiger partial charge in [0.2, 0.25) is 0 Å². The summed E-state index contributed by atoms with van der Waals surface area (Å²) in [5.74, 6) is 0.735. The lowest BCUT2D eigenvalue weighted by Gasteiger charge is -2.34. The molecule has 0 bridgehead atoms. The van der Waals surface area contributed by atoms with Crippen molar-refractivity contribution in [1.29, 1.82) is 0 Å². The van der Waals surface area contributed by atoms with Crippen molar-refractivity contribution in [3.8, 4) is 16.9 Å². The number of rotatable bonds is 7. The summed E-state index contributed by atoms with van der Waals surface area (Å²) in [4.78, 5) is 17.0. The number of ether oxygens (including phenoxy) is 1. The Bertz CT molecular complexity index is 895. The van der Waals surface area contributed by atoms with Gasteiger partial charge in [-0.05, 0) is 30.7 Å². The number of carbonyl (C=O) groups is 1. The van der Waals surface area contributed by atoms with Crippen molar-refractivity contribution >= 4 is 28.9 Å². The van der Waals surface area contributed by atoms with Crippen LogP contribution in [-0.4, -0.2) is 64.7 Å². The summed E-state index contributed by atoms with van der Waals surface area (Å²) in [5, 5.41) is 7.60. The molecule has 0 spiro atoms. The maximum absolute atomic E-state index is 13.0. The number of nitrogens with one attached hydrogen (secondary N) is 2. The number of hydrogen-bond donors (Lipinski definition) is 2. The maximum Gasteiger partial charge on any atom is 0.255 e. The fourth-order valence-electron chi connectivity index (χ4n) is 3.76. The zero-order valence-corrected chi connectivity index (χ0v) is 19.0. The molecule has 162 valence electrons. The van der Waals surface area contributed by atoms with E-state index in [1.807, 2.05) is 30.3 Å². The third kappa shape index (κ3) is 4.65. The van der Waals surface area contributed by atoms with Crippen molar-refractivity contribution in [3.05, 3.63) is 40.9 Å². The SMILES string of the molecule is CCCNc1c(C(=O)N(C)C)ccc(-c2cc(Cl)ccc2OC)c1N1CCNCC1. The summed E-state index contributed by atoms with van der Waals surface area (Å²) in [6, 6.07) is 9.56.